The first kappa shape index (κ1) is 10.8. The quantitative estimate of drug-likeness (QED) is 0.721. The second-order valence-electron chi connectivity index (χ2n) is 4.12. The molecule has 0 spiro atoms. The van der Waals surface area contributed by atoms with Gasteiger partial charge in [-0.1, -0.05) is 18.2 Å². The first-order valence-corrected chi connectivity index (χ1v) is 5.69. The van der Waals surface area contributed by atoms with Crippen LogP contribution in [0, 0.1) is 5.82 Å². The van der Waals surface area contributed by atoms with Gasteiger partial charge in [-0.3, -0.25) is 0 Å². The molecule has 0 unspecified atom stereocenters. The lowest BCUT2D eigenvalue weighted by molar-refractivity contribution is 0.415. The van der Waals surface area contributed by atoms with E-state index < -0.39 is 0 Å². The van der Waals surface area contributed by atoms with Crippen molar-refractivity contribution >= 4 is 10.9 Å². The molecule has 0 atom stereocenters. The van der Waals surface area contributed by atoms with E-state index in [4.69, 9.17) is 4.74 Å². The zero-order valence-corrected chi connectivity index (χ0v) is 9.91. The Morgan fingerprint density at radius 1 is 1.06 bits per heavy atom. The normalized spacial score (nSPS) is 10.8. The first-order valence-electron chi connectivity index (χ1n) is 5.69. The van der Waals surface area contributed by atoms with Crippen molar-refractivity contribution in [1.82, 2.24) is 4.98 Å². The van der Waals surface area contributed by atoms with E-state index in [0.29, 0.717) is 5.39 Å². The van der Waals surface area contributed by atoms with E-state index in [1.165, 1.54) is 6.07 Å². The van der Waals surface area contributed by atoms with Gasteiger partial charge in [0.2, 0.25) is 0 Å². The molecule has 1 N–H and O–H groups in total. The Labute approximate surface area is 104 Å². The maximum atomic E-state index is 13.6. The zero-order valence-electron chi connectivity index (χ0n) is 9.91. The maximum absolute atomic E-state index is 13.6. The molecule has 2 aromatic carbocycles. The predicted molar refractivity (Wildman–Crippen MR) is 70.2 cm³/mol. The van der Waals surface area contributed by atoms with Gasteiger partial charge in [0.15, 0.2) is 0 Å². The minimum Gasteiger partial charge on any atom is -0.497 e. The molecule has 1 aromatic heterocycles. The molecule has 0 bridgehead atoms. The van der Waals surface area contributed by atoms with Crippen LogP contribution in [0.5, 0.6) is 5.75 Å². The number of aromatic nitrogens is 1. The maximum Gasteiger partial charge on any atom is 0.132 e. The molecule has 0 fully saturated rings. The number of ether oxygens (including phenoxy) is 1. The van der Waals surface area contributed by atoms with Crippen molar-refractivity contribution in [2.75, 3.05) is 7.11 Å². The minimum absolute atomic E-state index is 0.210. The molecule has 1 heterocycles. The second kappa shape index (κ2) is 4.18. The van der Waals surface area contributed by atoms with Crippen LogP contribution in [0.2, 0.25) is 0 Å². The summed E-state index contributed by atoms with van der Waals surface area (Å²) < 4.78 is 18.8. The largest absolute Gasteiger partial charge is 0.497 e. The Balaban J connectivity index is 2.16. The van der Waals surface area contributed by atoms with Crippen LogP contribution in [0.3, 0.4) is 0 Å². The number of H-pyrrole nitrogens is 1. The number of methoxy groups -OCH3 is 1. The standard InChI is InChI=1S/C15H12FNO/c1-18-11-5-2-4-10(8-11)15-9-12-13(16)6-3-7-14(12)17-15/h2-9,17H,1H3. The molecule has 3 aromatic rings. The van der Waals surface area contributed by atoms with Crippen molar-refractivity contribution in [3.05, 3.63) is 54.3 Å². The highest BCUT2D eigenvalue weighted by Gasteiger charge is 2.07. The van der Waals surface area contributed by atoms with E-state index >= 15 is 0 Å². The van der Waals surface area contributed by atoms with Crippen molar-refractivity contribution in [2.45, 2.75) is 0 Å². The Morgan fingerprint density at radius 3 is 2.67 bits per heavy atom. The summed E-state index contributed by atoms with van der Waals surface area (Å²) in [6.45, 7) is 0. The first-order chi connectivity index (χ1) is 8.78. The number of hydrogen-bond acceptors (Lipinski definition) is 1. The number of benzene rings is 2. The Morgan fingerprint density at radius 2 is 1.89 bits per heavy atom. The molecule has 3 heteroatoms. The number of hydrogen-bond donors (Lipinski definition) is 1. The number of rotatable bonds is 2. The third-order valence-electron chi connectivity index (χ3n) is 2.99. The van der Waals surface area contributed by atoms with Crippen LogP contribution in [0.25, 0.3) is 22.2 Å². The summed E-state index contributed by atoms with van der Waals surface area (Å²) in [6.07, 6.45) is 0. The Kier molecular flexibility index (Phi) is 2.52. The van der Waals surface area contributed by atoms with Crippen LogP contribution in [-0.2, 0) is 0 Å². The van der Waals surface area contributed by atoms with Crippen LogP contribution < -0.4 is 4.74 Å². The molecule has 0 aliphatic rings. The van der Waals surface area contributed by atoms with E-state index in [2.05, 4.69) is 4.98 Å². The smallest absolute Gasteiger partial charge is 0.132 e. The average Bonchev–Trinajstić information content (AvgIpc) is 2.84. The van der Waals surface area contributed by atoms with Crippen LogP contribution in [0.15, 0.2) is 48.5 Å². The van der Waals surface area contributed by atoms with Crippen LogP contribution in [0.4, 0.5) is 4.39 Å². The third kappa shape index (κ3) is 1.74. The van der Waals surface area contributed by atoms with Crippen LogP contribution in [-0.4, -0.2) is 12.1 Å². The summed E-state index contributed by atoms with van der Waals surface area (Å²) in [4.78, 5) is 3.21. The Hall–Kier alpha value is -2.29. The highest BCUT2D eigenvalue weighted by molar-refractivity contribution is 5.86. The van der Waals surface area contributed by atoms with Crippen molar-refractivity contribution in [1.29, 1.82) is 0 Å². The van der Waals surface area contributed by atoms with Crippen molar-refractivity contribution in [3.8, 4) is 17.0 Å². The van der Waals surface area contributed by atoms with Crippen molar-refractivity contribution in [2.24, 2.45) is 0 Å². The zero-order chi connectivity index (χ0) is 12.5. The van der Waals surface area contributed by atoms with Gasteiger partial charge in [0.25, 0.3) is 0 Å². The lowest BCUT2D eigenvalue weighted by atomic mass is 10.1. The highest BCUT2D eigenvalue weighted by Crippen LogP contribution is 2.27. The van der Waals surface area contributed by atoms with Crippen molar-refractivity contribution in [3.63, 3.8) is 0 Å². The summed E-state index contributed by atoms with van der Waals surface area (Å²) in [5.41, 5.74) is 2.66. The average molecular weight is 241 g/mol. The van der Waals surface area contributed by atoms with Gasteiger partial charge in [-0.15, -0.1) is 0 Å². The highest BCUT2D eigenvalue weighted by atomic mass is 19.1. The van der Waals surface area contributed by atoms with E-state index in [9.17, 15) is 4.39 Å². The number of halogens is 1. The molecule has 18 heavy (non-hydrogen) atoms. The third-order valence-corrected chi connectivity index (χ3v) is 2.99. The summed E-state index contributed by atoms with van der Waals surface area (Å²) >= 11 is 0. The van der Waals surface area contributed by atoms with Gasteiger partial charge < -0.3 is 9.72 Å². The van der Waals surface area contributed by atoms with Gasteiger partial charge in [0.05, 0.1) is 7.11 Å². The topological polar surface area (TPSA) is 25.0 Å². The molecule has 2 nitrogen and oxygen atoms in total. The lowest BCUT2D eigenvalue weighted by Crippen LogP contribution is -1.83. The van der Waals surface area contributed by atoms with Gasteiger partial charge in [0.1, 0.15) is 11.6 Å². The minimum atomic E-state index is -0.210. The summed E-state index contributed by atoms with van der Waals surface area (Å²) in [6, 6.07) is 14.5. The van der Waals surface area contributed by atoms with Crippen LogP contribution >= 0.6 is 0 Å². The predicted octanol–water partition coefficient (Wildman–Crippen LogP) is 3.98. The van der Waals surface area contributed by atoms with Gasteiger partial charge >= 0.3 is 0 Å². The summed E-state index contributed by atoms with van der Waals surface area (Å²) in [5.74, 6) is 0.574. The SMILES string of the molecule is COc1cccc(-c2cc3c(F)cccc3[nH]2)c1. The molecule has 3 rings (SSSR count). The Bertz CT molecular complexity index is 703. The monoisotopic (exact) mass is 241 g/mol. The van der Waals surface area contributed by atoms with E-state index in [1.807, 2.05) is 36.4 Å². The van der Waals surface area contributed by atoms with Gasteiger partial charge in [-0.05, 0) is 30.3 Å². The molecule has 0 saturated heterocycles. The van der Waals surface area contributed by atoms with E-state index in [0.717, 1.165) is 22.5 Å². The van der Waals surface area contributed by atoms with Gasteiger partial charge in [-0.25, -0.2) is 4.39 Å². The fraction of sp³-hybridized carbons (Fsp3) is 0.0667. The summed E-state index contributed by atoms with van der Waals surface area (Å²) in [7, 11) is 1.63. The second-order valence-corrected chi connectivity index (χ2v) is 4.12. The van der Waals surface area contributed by atoms with E-state index in [1.54, 1.807) is 13.2 Å². The molecular formula is C15H12FNO. The van der Waals surface area contributed by atoms with Gasteiger partial charge in [-0.2, -0.15) is 0 Å². The fourth-order valence-corrected chi connectivity index (χ4v) is 2.06. The fourth-order valence-electron chi connectivity index (χ4n) is 2.06. The molecule has 0 amide bonds. The number of nitrogens with one attached hydrogen (secondary N) is 1. The van der Waals surface area contributed by atoms with Crippen LogP contribution in [0.1, 0.15) is 0 Å². The summed E-state index contributed by atoms with van der Waals surface area (Å²) in [5, 5.41) is 0.607. The van der Waals surface area contributed by atoms with Crippen molar-refractivity contribution < 1.29 is 9.13 Å². The van der Waals surface area contributed by atoms with Gasteiger partial charge in [0, 0.05) is 22.2 Å². The molecule has 0 radical (unpaired) electrons. The molecular weight excluding hydrogens is 229 g/mol. The number of aromatic amines is 1. The molecule has 0 aliphatic carbocycles. The van der Waals surface area contributed by atoms with E-state index in [-0.39, 0.29) is 5.82 Å². The molecule has 0 aliphatic heterocycles. The lowest BCUT2D eigenvalue weighted by Gasteiger charge is -2.02. The number of fused-ring (bicyclic) bond motifs is 1. The molecule has 90 valence electrons. The molecule has 0 saturated carbocycles.